The van der Waals surface area contributed by atoms with E-state index in [0.29, 0.717) is 5.91 Å². The SMILES string of the molecule is CN=C(NCCCc1nc2ccccc2[nH]1)NC1CCN(C(=O)C2CCCC2)C1.I. The predicted molar refractivity (Wildman–Crippen MR) is 131 cm³/mol. The third kappa shape index (κ3) is 5.65. The summed E-state index contributed by atoms with van der Waals surface area (Å²) in [6, 6.07) is 8.39. The van der Waals surface area contributed by atoms with E-state index in [-0.39, 0.29) is 35.9 Å². The number of rotatable bonds is 6. The van der Waals surface area contributed by atoms with Gasteiger partial charge in [-0.1, -0.05) is 25.0 Å². The number of H-pyrrole nitrogens is 1. The highest BCUT2D eigenvalue weighted by Gasteiger charge is 2.32. The van der Waals surface area contributed by atoms with Crippen LogP contribution in [0.5, 0.6) is 0 Å². The van der Waals surface area contributed by atoms with Gasteiger partial charge in [0.2, 0.25) is 5.91 Å². The number of aliphatic imine (C=N–C) groups is 1. The van der Waals surface area contributed by atoms with Gasteiger partial charge < -0.3 is 20.5 Å². The summed E-state index contributed by atoms with van der Waals surface area (Å²) in [5.41, 5.74) is 2.11. The molecule has 4 rings (SSSR count). The molecule has 0 radical (unpaired) electrons. The first-order valence-electron chi connectivity index (χ1n) is 10.9. The predicted octanol–water partition coefficient (Wildman–Crippen LogP) is 3.07. The molecule has 8 heteroatoms. The maximum absolute atomic E-state index is 12.6. The lowest BCUT2D eigenvalue weighted by Gasteiger charge is -2.21. The maximum atomic E-state index is 12.6. The average molecular weight is 524 g/mol. The molecule has 1 saturated heterocycles. The Kier molecular flexibility index (Phi) is 8.35. The molecule has 2 fully saturated rings. The molecule has 1 aromatic carbocycles. The van der Waals surface area contributed by atoms with Crippen LogP contribution in [0.2, 0.25) is 0 Å². The van der Waals surface area contributed by atoms with Gasteiger partial charge in [-0.05, 0) is 37.8 Å². The number of hydrogen-bond donors (Lipinski definition) is 3. The highest BCUT2D eigenvalue weighted by Crippen LogP contribution is 2.27. The van der Waals surface area contributed by atoms with E-state index < -0.39 is 0 Å². The van der Waals surface area contributed by atoms with Crippen molar-refractivity contribution in [1.82, 2.24) is 25.5 Å². The number of benzene rings is 1. The number of imidazole rings is 1. The third-order valence-electron chi connectivity index (χ3n) is 6.09. The zero-order valence-electron chi connectivity index (χ0n) is 17.7. The second-order valence-electron chi connectivity index (χ2n) is 8.20. The lowest BCUT2D eigenvalue weighted by molar-refractivity contribution is -0.134. The van der Waals surface area contributed by atoms with Crippen molar-refractivity contribution in [3.8, 4) is 0 Å². The number of nitrogens with one attached hydrogen (secondary N) is 3. The molecule has 1 atom stereocenters. The van der Waals surface area contributed by atoms with Crippen LogP contribution in [0.1, 0.15) is 44.3 Å². The summed E-state index contributed by atoms with van der Waals surface area (Å²) in [5.74, 6) is 2.47. The van der Waals surface area contributed by atoms with E-state index in [1.54, 1.807) is 7.05 Å². The molecule has 1 aliphatic carbocycles. The fraction of sp³-hybridized carbons (Fsp3) is 0.591. The van der Waals surface area contributed by atoms with E-state index in [0.717, 1.165) is 74.6 Å². The normalized spacial score (nSPS) is 19.8. The minimum absolute atomic E-state index is 0. The lowest BCUT2D eigenvalue weighted by Crippen LogP contribution is -2.45. The number of carbonyl (C=O) groups is 1. The Bertz CT molecular complexity index is 827. The minimum Gasteiger partial charge on any atom is -0.356 e. The summed E-state index contributed by atoms with van der Waals surface area (Å²) in [7, 11) is 1.80. The van der Waals surface area contributed by atoms with Gasteiger partial charge in [-0.25, -0.2) is 4.98 Å². The largest absolute Gasteiger partial charge is 0.356 e. The van der Waals surface area contributed by atoms with Crippen LogP contribution in [0.25, 0.3) is 11.0 Å². The van der Waals surface area contributed by atoms with Crippen LogP contribution in [0.15, 0.2) is 29.3 Å². The Balaban J connectivity index is 0.00000256. The van der Waals surface area contributed by atoms with Gasteiger partial charge in [0.05, 0.1) is 11.0 Å². The Morgan fingerprint density at radius 2 is 2.07 bits per heavy atom. The molecule has 1 aliphatic heterocycles. The molecule has 1 unspecified atom stereocenters. The minimum atomic E-state index is 0. The number of aromatic nitrogens is 2. The fourth-order valence-corrected chi connectivity index (χ4v) is 4.48. The first-order valence-corrected chi connectivity index (χ1v) is 10.9. The molecule has 0 spiro atoms. The number of likely N-dealkylation sites (tertiary alicyclic amines) is 1. The quantitative estimate of drug-likeness (QED) is 0.235. The molecule has 1 aromatic heterocycles. The van der Waals surface area contributed by atoms with E-state index in [2.05, 4.69) is 31.7 Å². The molecule has 7 nitrogen and oxygen atoms in total. The van der Waals surface area contributed by atoms with E-state index in [4.69, 9.17) is 0 Å². The molecule has 30 heavy (non-hydrogen) atoms. The van der Waals surface area contributed by atoms with Crippen LogP contribution in [0.4, 0.5) is 0 Å². The molecule has 1 saturated carbocycles. The number of para-hydroxylation sites is 2. The van der Waals surface area contributed by atoms with Crippen molar-refractivity contribution in [3.05, 3.63) is 30.1 Å². The van der Waals surface area contributed by atoms with Crippen LogP contribution < -0.4 is 10.6 Å². The van der Waals surface area contributed by atoms with Crippen molar-refractivity contribution < 1.29 is 4.79 Å². The van der Waals surface area contributed by atoms with E-state index in [9.17, 15) is 4.79 Å². The van der Waals surface area contributed by atoms with Gasteiger partial charge in [-0.15, -0.1) is 24.0 Å². The van der Waals surface area contributed by atoms with Crippen molar-refractivity contribution in [2.75, 3.05) is 26.7 Å². The van der Waals surface area contributed by atoms with Crippen molar-refractivity contribution in [2.45, 2.75) is 51.0 Å². The maximum Gasteiger partial charge on any atom is 0.225 e. The summed E-state index contributed by atoms with van der Waals surface area (Å²) in [6.45, 7) is 2.47. The molecular weight excluding hydrogens is 491 g/mol. The fourth-order valence-electron chi connectivity index (χ4n) is 4.48. The molecule has 2 aromatic rings. The van der Waals surface area contributed by atoms with Gasteiger partial charge in [0.25, 0.3) is 0 Å². The number of halogens is 1. The van der Waals surface area contributed by atoms with Gasteiger partial charge in [0.15, 0.2) is 5.96 Å². The van der Waals surface area contributed by atoms with Gasteiger partial charge in [0.1, 0.15) is 5.82 Å². The number of aromatic amines is 1. The third-order valence-corrected chi connectivity index (χ3v) is 6.09. The van der Waals surface area contributed by atoms with Crippen molar-refractivity contribution in [3.63, 3.8) is 0 Å². The van der Waals surface area contributed by atoms with Crippen LogP contribution >= 0.6 is 24.0 Å². The molecule has 3 N–H and O–H groups in total. The monoisotopic (exact) mass is 524 g/mol. The second kappa shape index (κ2) is 11.0. The zero-order chi connectivity index (χ0) is 20.1. The van der Waals surface area contributed by atoms with Crippen molar-refractivity contribution in [2.24, 2.45) is 10.9 Å². The number of fused-ring (bicyclic) bond motifs is 1. The smallest absolute Gasteiger partial charge is 0.225 e. The van der Waals surface area contributed by atoms with Crippen LogP contribution in [-0.2, 0) is 11.2 Å². The number of guanidine groups is 1. The summed E-state index contributed by atoms with van der Waals surface area (Å²) in [4.78, 5) is 27.0. The number of hydrogen-bond acceptors (Lipinski definition) is 3. The Morgan fingerprint density at radius 3 is 2.83 bits per heavy atom. The van der Waals surface area contributed by atoms with Crippen LogP contribution in [0.3, 0.4) is 0 Å². The summed E-state index contributed by atoms with van der Waals surface area (Å²) in [5, 5.41) is 6.88. The first kappa shape index (κ1) is 22.8. The van der Waals surface area contributed by atoms with Gasteiger partial charge in [-0.3, -0.25) is 9.79 Å². The Morgan fingerprint density at radius 1 is 1.27 bits per heavy atom. The van der Waals surface area contributed by atoms with Crippen LogP contribution in [-0.4, -0.2) is 59.5 Å². The highest BCUT2D eigenvalue weighted by atomic mass is 127. The van der Waals surface area contributed by atoms with E-state index >= 15 is 0 Å². The number of carbonyl (C=O) groups excluding carboxylic acids is 1. The Hall–Kier alpha value is -1.84. The molecular formula is C22H33IN6O. The summed E-state index contributed by atoms with van der Waals surface area (Å²) in [6.07, 6.45) is 7.40. The first-order chi connectivity index (χ1) is 14.2. The molecule has 1 amide bonds. The molecule has 2 aliphatic rings. The topological polar surface area (TPSA) is 85.4 Å². The average Bonchev–Trinajstić information content (AvgIpc) is 3.50. The Labute approximate surface area is 195 Å². The van der Waals surface area contributed by atoms with Gasteiger partial charge in [-0.2, -0.15) is 0 Å². The van der Waals surface area contributed by atoms with Crippen molar-refractivity contribution >= 4 is 46.9 Å². The molecule has 0 bridgehead atoms. The van der Waals surface area contributed by atoms with E-state index in [1.165, 1.54) is 12.8 Å². The summed E-state index contributed by atoms with van der Waals surface area (Å²) < 4.78 is 0. The lowest BCUT2D eigenvalue weighted by atomic mass is 10.1. The van der Waals surface area contributed by atoms with Crippen molar-refractivity contribution in [1.29, 1.82) is 0 Å². The number of nitrogens with zero attached hydrogens (tertiary/aromatic N) is 3. The second-order valence-corrected chi connectivity index (χ2v) is 8.20. The number of amides is 1. The zero-order valence-corrected chi connectivity index (χ0v) is 20.0. The molecule has 2 heterocycles. The molecule has 164 valence electrons. The van der Waals surface area contributed by atoms with Gasteiger partial charge in [0, 0.05) is 45.1 Å². The standard InChI is InChI=1S/C22H32N6O.HI/c1-23-22(24-13-6-11-20-26-18-9-4-5-10-19(18)27-20)25-17-12-14-28(15-17)21(29)16-7-2-3-8-16;/h4-5,9-10,16-17H,2-3,6-8,11-15H2,1H3,(H,26,27)(H2,23,24,25);1H. The van der Waals surface area contributed by atoms with E-state index in [1.807, 2.05) is 23.1 Å². The van der Waals surface area contributed by atoms with Crippen LogP contribution in [0, 0.1) is 5.92 Å². The highest BCUT2D eigenvalue weighted by molar-refractivity contribution is 14.0. The number of aryl methyl sites for hydroxylation is 1. The summed E-state index contributed by atoms with van der Waals surface area (Å²) >= 11 is 0. The van der Waals surface area contributed by atoms with Gasteiger partial charge >= 0.3 is 0 Å².